The SMILES string of the molecule is COc1ccc(N2CC(CS(=O)(=O)Cl)CC2=O)c(OC)n1. The lowest BCUT2D eigenvalue weighted by Gasteiger charge is -2.19. The Morgan fingerprint density at radius 3 is 2.67 bits per heavy atom. The normalized spacial score (nSPS) is 18.9. The van der Waals surface area contributed by atoms with Gasteiger partial charge < -0.3 is 14.4 Å². The molecule has 0 spiro atoms. The maximum absolute atomic E-state index is 12.1. The van der Waals surface area contributed by atoms with Crippen LogP contribution in [0.3, 0.4) is 0 Å². The molecule has 21 heavy (non-hydrogen) atoms. The Labute approximate surface area is 127 Å². The van der Waals surface area contributed by atoms with Crippen molar-refractivity contribution < 1.29 is 22.7 Å². The van der Waals surface area contributed by atoms with Gasteiger partial charge in [0.1, 0.15) is 5.69 Å². The zero-order chi connectivity index (χ0) is 15.6. The predicted octanol–water partition coefficient (Wildman–Crippen LogP) is 1.02. The summed E-state index contributed by atoms with van der Waals surface area (Å²) in [5.74, 6) is -0.153. The van der Waals surface area contributed by atoms with E-state index >= 15 is 0 Å². The van der Waals surface area contributed by atoms with Gasteiger partial charge in [-0.3, -0.25) is 4.79 Å². The van der Waals surface area contributed by atoms with Crippen LogP contribution in [0.2, 0.25) is 0 Å². The van der Waals surface area contributed by atoms with Gasteiger partial charge >= 0.3 is 0 Å². The zero-order valence-corrected chi connectivity index (χ0v) is 13.1. The quantitative estimate of drug-likeness (QED) is 0.747. The molecule has 1 aromatic heterocycles. The Bertz CT molecular complexity index is 649. The van der Waals surface area contributed by atoms with Crippen LogP contribution < -0.4 is 14.4 Å². The summed E-state index contributed by atoms with van der Waals surface area (Å²) >= 11 is 0. The number of amides is 1. The molecule has 0 radical (unpaired) electrons. The molecule has 1 aliphatic rings. The van der Waals surface area contributed by atoms with E-state index in [0.29, 0.717) is 11.6 Å². The first-order valence-corrected chi connectivity index (χ1v) is 8.63. The van der Waals surface area contributed by atoms with Gasteiger partial charge in [-0.05, 0) is 6.07 Å². The molecule has 1 aliphatic heterocycles. The number of nitrogens with zero attached hydrogens (tertiary/aromatic N) is 2. The second-order valence-electron chi connectivity index (χ2n) is 4.66. The van der Waals surface area contributed by atoms with Crippen LogP contribution >= 0.6 is 10.7 Å². The summed E-state index contributed by atoms with van der Waals surface area (Å²) in [6.45, 7) is 0.259. The average molecular weight is 335 g/mol. The summed E-state index contributed by atoms with van der Waals surface area (Å²) in [5, 5.41) is 0. The fourth-order valence-electron chi connectivity index (χ4n) is 2.29. The van der Waals surface area contributed by atoms with Crippen LogP contribution in [0.1, 0.15) is 6.42 Å². The molecule has 0 aromatic carbocycles. The summed E-state index contributed by atoms with van der Waals surface area (Å²) in [6, 6.07) is 3.26. The summed E-state index contributed by atoms with van der Waals surface area (Å²) in [4.78, 5) is 17.6. The molecule has 9 heteroatoms. The fourth-order valence-corrected chi connectivity index (χ4v) is 3.61. The molecule has 0 saturated carbocycles. The molecule has 0 aliphatic carbocycles. The molecule has 0 bridgehead atoms. The van der Waals surface area contributed by atoms with E-state index in [0.717, 1.165) is 0 Å². The van der Waals surface area contributed by atoms with E-state index in [1.807, 2.05) is 0 Å². The fraction of sp³-hybridized carbons (Fsp3) is 0.500. The number of pyridine rings is 1. The molecule has 1 aromatic rings. The molecule has 1 unspecified atom stereocenters. The lowest BCUT2D eigenvalue weighted by atomic mass is 10.1. The number of halogens is 1. The van der Waals surface area contributed by atoms with E-state index in [9.17, 15) is 13.2 Å². The van der Waals surface area contributed by atoms with Crippen molar-refractivity contribution in [2.45, 2.75) is 6.42 Å². The van der Waals surface area contributed by atoms with Gasteiger partial charge in [-0.1, -0.05) is 0 Å². The van der Waals surface area contributed by atoms with E-state index < -0.39 is 9.05 Å². The van der Waals surface area contributed by atoms with E-state index in [2.05, 4.69) is 4.98 Å². The van der Waals surface area contributed by atoms with E-state index in [4.69, 9.17) is 20.2 Å². The molecular formula is C12H15ClN2O5S. The topological polar surface area (TPSA) is 85.8 Å². The lowest BCUT2D eigenvalue weighted by Crippen LogP contribution is -2.26. The number of rotatable bonds is 5. The maximum atomic E-state index is 12.1. The highest BCUT2D eigenvalue weighted by Gasteiger charge is 2.34. The molecule has 1 amide bonds. The number of carbonyl (C=O) groups excluding carboxylic acids is 1. The Balaban J connectivity index is 2.24. The lowest BCUT2D eigenvalue weighted by molar-refractivity contribution is -0.117. The molecule has 1 saturated heterocycles. The molecule has 2 heterocycles. The molecule has 2 rings (SSSR count). The number of hydrogen-bond donors (Lipinski definition) is 0. The summed E-state index contributed by atoms with van der Waals surface area (Å²) in [6.07, 6.45) is 0.126. The zero-order valence-electron chi connectivity index (χ0n) is 11.6. The van der Waals surface area contributed by atoms with Crippen LogP contribution in [0, 0.1) is 5.92 Å². The van der Waals surface area contributed by atoms with Crippen molar-refractivity contribution >= 4 is 31.3 Å². The van der Waals surface area contributed by atoms with Crippen LogP contribution in [0.5, 0.6) is 11.8 Å². The van der Waals surface area contributed by atoms with Gasteiger partial charge in [-0.2, -0.15) is 4.98 Å². The van der Waals surface area contributed by atoms with E-state index in [1.165, 1.54) is 19.1 Å². The van der Waals surface area contributed by atoms with E-state index in [-0.39, 0.29) is 36.4 Å². The van der Waals surface area contributed by atoms with Crippen LogP contribution in [-0.4, -0.2) is 45.8 Å². The van der Waals surface area contributed by atoms with Crippen LogP contribution in [0.25, 0.3) is 0 Å². The van der Waals surface area contributed by atoms with Crippen molar-refractivity contribution in [2.75, 3.05) is 31.4 Å². The minimum Gasteiger partial charge on any atom is -0.481 e. The Hall–Kier alpha value is -1.54. The van der Waals surface area contributed by atoms with Gasteiger partial charge in [-0.15, -0.1) is 0 Å². The predicted molar refractivity (Wildman–Crippen MR) is 77.4 cm³/mol. The number of ether oxygens (including phenoxy) is 2. The highest BCUT2D eigenvalue weighted by molar-refractivity contribution is 8.13. The van der Waals surface area contributed by atoms with Gasteiger partial charge in [0, 0.05) is 35.6 Å². The molecule has 1 atom stereocenters. The van der Waals surface area contributed by atoms with Crippen molar-refractivity contribution in [3.05, 3.63) is 12.1 Å². The number of carbonyl (C=O) groups is 1. The van der Waals surface area contributed by atoms with Gasteiger partial charge in [0.15, 0.2) is 0 Å². The van der Waals surface area contributed by atoms with Crippen molar-refractivity contribution in [3.63, 3.8) is 0 Å². The Morgan fingerprint density at radius 1 is 1.38 bits per heavy atom. The first kappa shape index (κ1) is 15.8. The number of methoxy groups -OCH3 is 2. The number of anilines is 1. The summed E-state index contributed by atoms with van der Waals surface area (Å²) in [5.41, 5.74) is 0.484. The molecule has 7 nitrogen and oxygen atoms in total. The highest BCUT2D eigenvalue weighted by atomic mass is 35.7. The van der Waals surface area contributed by atoms with Crippen LogP contribution in [0.4, 0.5) is 5.69 Å². The van der Waals surface area contributed by atoms with Crippen LogP contribution in [-0.2, 0) is 13.8 Å². The van der Waals surface area contributed by atoms with Crippen molar-refractivity contribution in [1.29, 1.82) is 0 Å². The van der Waals surface area contributed by atoms with Gasteiger partial charge in [0.25, 0.3) is 0 Å². The molecule has 0 N–H and O–H groups in total. The molecule has 1 fully saturated rings. The second-order valence-corrected chi connectivity index (χ2v) is 7.48. The van der Waals surface area contributed by atoms with Crippen molar-refractivity contribution in [2.24, 2.45) is 5.92 Å². The standard InChI is InChI=1S/C12H15ClN2O5S/c1-19-10-4-3-9(12(14-10)20-2)15-6-8(5-11(15)16)7-21(13,17)18/h3-4,8H,5-7H2,1-2H3. The van der Waals surface area contributed by atoms with Crippen LogP contribution in [0.15, 0.2) is 12.1 Å². The van der Waals surface area contributed by atoms with Gasteiger partial charge in [-0.25, -0.2) is 8.42 Å². The maximum Gasteiger partial charge on any atom is 0.241 e. The van der Waals surface area contributed by atoms with Crippen molar-refractivity contribution in [3.8, 4) is 11.8 Å². The average Bonchev–Trinajstić information content (AvgIpc) is 2.76. The first-order chi connectivity index (χ1) is 9.84. The third-order valence-electron chi connectivity index (χ3n) is 3.15. The third kappa shape index (κ3) is 3.76. The summed E-state index contributed by atoms with van der Waals surface area (Å²) < 4.78 is 32.4. The number of aromatic nitrogens is 1. The summed E-state index contributed by atoms with van der Waals surface area (Å²) in [7, 11) is 4.52. The largest absolute Gasteiger partial charge is 0.481 e. The van der Waals surface area contributed by atoms with Gasteiger partial charge in [0.2, 0.25) is 26.7 Å². The second kappa shape index (κ2) is 6.07. The first-order valence-electron chi connectivity index (χ1n) is 6.15. The molecule has 116 valence electrons. The Morgan fingerprint density at radius 2 is 2.10 bits per heavy atom. The minimum absolute atomic E-state index is 0.126. The van der Waals surface area contributed by atoms with Crippen molar-refractivity contribution in [1.82, 2.24) is 4.98 Å². The van der Waals surface area contributed by atoms with E-state index in [1.54, 1.807) is 12.1 Å². The van der Waals surface area contributed by atoms with Gasteiger partial charge in [0.05, 0.1) is 20.0 Å². The monoisotopic (exact) mass is 334 g/mol. The Kier molecular flexibility index (Phi) is 4.58. The highest BCUT2D eigenvalue weighted by Crippen LogP contribution is 2.33. The minimum atomic E-state index is -3.64. The smallest absolute Gasteiger partial charge is 0.241 e. The molecular weight excluding hydrogens is 320 g/mol. The number of hydrogen-bond acceptors (Lipinski definition) is 6. The third-order valence-corrected chi connectivity index (χ3v) is 4.40.